The highest BCUT2D eigenvalue weighted by Crippen LogP contribution is 2.18. The minimum atomic E-state index is -0.415. The minimum absolute atomic E-state index is 0.0719. The Labute approximate surface area is 119 Å². The zero-order valence-corrected chi connectivity index (χ0v) is 11.5. The number of carbonyl (C=O) groups excluding carboxylic acids is 1. The van der Waals surface area contributed by atoms with Crippen LogP contribution >= 0.6 is 0 Å². The normalized spacial score (nSPS) is 17.3. The summed E-state index contributed by atoms with van der Waals surface area (Å²) in [5, 5.41) is 7.09. The number of hydrogen-bond acceptors (Lipinski definition) is 4. The van der Waals surface area contributed by atoms with Gasteiger partial charge in [0.05, 0.1) is 5.69 Å². The van der Waals surface area contributed by atoms with Gasteiger partial charge < -0.3 is 15.3 Å². The van der Waals surface area contributed by atoms with E-state index in [1.807, 2.05) is 0 Å². The fourth-order valence-electron chi connectivity index (χ4n) is 2.53. The summed E-state index contributed by atoms with van der Waals surface area (Å²) in [4.78, 5) is 39.4. The number of H-pyrrole nitrogens is 2. The maximum atomic E-state index is 12.0. The van der Waals surface area contributed by atoms with Gasteiger partial charge >= 0.3 is 5.69 Å². The summed E-state index contributed by atoms with van der Waals surface area (Å²) in [5.74, 6) is -0.335. The first-order valence-electron chi connectivity index (χ1n) is 6.67. The lowest BCUT2D eigenvalue weighted by Gasteiger charge is -2.24. The first kappa shape index (κ1) is 13.3. The van der Waals surface area contributed by atoms with E-state index in [4.69, 9.17) is 0 Å². The second-order valence-electron chi connectivity index (χ2n) is 5.15. The van der Waals surface area contributed by atoms with Gasteiger partial charge in [-0.15, -0.1) is 0 Å². The van der Waals surface area contributed by atoms with Crippen LogP contribution in [0.15, 0.2) is 21.9 Å². The van der Waals surface area contributed by atoms with Crippen molar-refractivity contribution in [3.8, 4) is 0 Å². The molecular formula is C13H15N5O3. The molecular weight excluding hydrogens is 274 g/mol. The number of carbonyl (C=O) groups is 1. The van der Waals surface area contributed by atoms with Crippen LogP contribution in [0, 0.1) is 0 Å². The van der Waals surface area contributed by atoms with Crippen molar-refractivity contribution in [2.24, 2.45) is 7.05 Å². The van der Waals surface area contributed by atoms with Crippen molar-refractivity contribution in [1.29, 1.82) is 0 Å². The summed E-state index contributed by atoms with van der Waals surface area (Å²) in [6, 6.07) is 1.50. The van der Waals surface area contributed by atoms with Gasteiger partial charge in [0, 0.05) is 25.4 Å². The number of aromatic nitrogens is 4. The highest BCUT2D eigenvalue weighted by molar-refractivity contribution is 5.92. The Balaban J connectivity index is 1.74. The summed E-state index contributed by atoms with van der Waals surface area (Å²) in [5.41, 5.74) is 1.40. The predicted octanol–water partition coefficient (Wildman–Crippen LogP) is -0.916. The van der Waals surface area contributed by atoms with Crippen LogP contribution in [0.25, 0.3) is 0 Å². The van der Waals surface area contributed by atoms with Gasteiger partial charge in [-0.05, 0) is 24.8 Å². The monoisotopic (exact) mass is 289 g/mol. The van der Waals surface area contributed by atoms with Gasteiger partial charge in [-0.3, -0.25) is 9.59 Å². The topological polar surface area (TPSA) is 113 Å². The van der Waals surface area contributed by atoms with Crippen LogP contribution in [0.3, 0.4) is 0 Å². The van der Waals surface area contributed by atoms with Crippen LogP contribution in [0.5, 0.6) is 0 Å². The first-order chi connectivity index (χ1) is 10.0. The van der Waals surface area contributed by atoms with Crippen LogP contribution in [0.1, 0.15) is 28.2 Å². The SMILES string of the molecule is Cn1nc2c(cc1=O)CC(NC(=O)c1c[nH]c(=O)[nH]1)CC2. The molecule has 0 fully saturated rings. The molecule has 1 aliphatic rings. The summed E-state index contributed by atoms with van der Waals surface area (Å²) in [6.45, 7) is 0. The van der Waals surface area contributed by atoms with Crippen LogP contribution in [-0.4, -0.2) is 31.7 Å². The van der Waals surface area contributed by atoms with Crippen molar-refractivity contribution < 1.29 is 4.79 Å². The number of nitrogens with zero attached hydrogens (tertiary/aromatic N) is 2. The lowest BCUT2D eigenvalue weighted by molar-refractivity contribution is 0.0928. The third-order valence-corrected chi connectivity index (χ3v) is 3.63. The summed E-state index contributed by atoms with van der Waals surface area (Å²) >= 11 is 0. The molecule has 1 atom stereocenters. The van der Waals surface area contributed by atoms with Gasteiger partial charge in [0.15, 0.2) is 0 Å². The molecule has 1 aliphatic carbocycles. The second kappa shape index (κ2) is 5.04. The molecule has 2 aromatic heterocycles. The molecule has 2 heterocycles. The van der Waals surface area contributed by atoms with Gasteiger partial charge in [-0.25, -0.2) is 9.48 Å². The van der Waals surface area contributed by atoms with Gasteiger partial charge in [-0.2, -0.15) is 5.10 Å². The number of nitrogens with one attached hydrogen (secondary N) is 3. The number of amides is 1. The maximum absolute atomic E-state index is 12.0. The van der Waals surface area contributed by atoms with E-state index in [0.717, 1.165) is 17.7 Å². The van der Waals surface area contributed by atoms with E-state index in [2.05, 4.69) is 20.4 Å². The van der Waals surface area contributed by atoms with E-state index >= 15 is 0 Å². The number of hydrogen-bond donors (Lipinski definition) is 3. The van der Waals surface area contributed by atoms with E-state index in [1.54, 1.807) is 13.1 Å². The molecule has 0 aliphatic heterocycles. The smallest absolute Gasteiger partial charge is 0.323 e. The van der Waals surface area contributed by atoms with Crippen molar-refractivity contribution in [2.45, 2.75) is 25.3 Å². The predicted molar refractivity (Wildman–Crippen MR) is 74.2 cm³/mol. The van der Waals surface area contributed by atoms with E-state index in [1.165, 1.54) is 10.9 Å². The van der Waals surface area contributed by atoms with Crippen molar-refractivity contribution >= 4 is 5.91 Å². The Hall–Kier alpha value is -2.64. The van der Waals surface area contributed by atoms with Crippen molar-refractivity contribution in [2.75, 3.05) is 0 Å². The highest BCUT2D eigenvalue weighted by atomic mass is 16.2. The molecule has 8 nitrogen and oxygen atoms in total. The molecule has 0 spiro atoms. The zero-order valence-electron chi connectivity index (χ0n) is 11.5. The molecule has 0 bridgehead atoms. The fourth-order valence-corrected chi connectivity index (χ4v) is 2.53. The number of fused-ring (bicyclic) bond motifs is 1. The Morgan fingerprint density at radius 3 is 3.00 bits per heavy atom. The number of rotatable bonds is 2. The third kappa shape index (κ3) is 2.64. The molecule has 110 valence electrons. The van der Waals surface area contributed by atoms with Crippen LogP contribution in [-0.2, 0) is 19.9 Å². The van der Waals surface area contributed by atoms with Crippen molar-refractivity contribution in [3.63, 3.8) is 0 Å². The minimum Gasteiger partial charge on any atom is -0.348 e. The van der Waals surface area contributed by atoms with Crippen LogP contribution in [0.2, 0.25) is 0 Å². The van der Waals surface area contributed by atoms with Crippen molar-refractivity contribution in [3.05, 3.63) is 50.1 Å². The molecule has 2 aromatic rings. The molecule has 1 amide bonds. The molecule has 0 radical (unpaired) electrons. The summed E-state index contributed by atoms with van der Waals surface area (Å²) < 4.78 is 1.32. The molecule has 21 heavy (non-hydrogen) atoms. The van der Waals surface area contributed by atoms with E-state index in [0.29, 0.717) is 12.8 Å². The van der Waals surface area contributed by atoms with E-state index in [9.17, 15) is 14.4 Å². The molecule has 0 aromatic carbocycles. The number of aryl methyl sites for hydroxylation is 2. The maximum Gasteiger partial charge on any atom is 0.323 e. The van der Waals surface area contributed by atoms with Gasteiger partial charge in [0.25, 0.3) is 11.5 Å². The Kier molecular flexibility index (Phi) is 3.20. The molecule has 8 heteroatoms. The molecule has 3 rings (SSSR count). The Bertz CT molecular complexity index is 801. The quantitative estimate of drug-likeness (QED) is 0.664. The van der Waals surface area contributed by atoms with Gasteiger partial charge in [-0.1, -0.05) is 0 Å². The average molecular weight is 289 g/mol. The first-order valence-corrected chi connectivity index (χ1v) is 6.67. The van der Waals surface area contributed by atoms with Gasteiger partial charge in [0.2, 0.25) is 0 Å². The average Bonchev–Trinajstić information content (AvgIpc) is 2.87. The standard InChI is InChI=1S/C13H15N5O3/c1-18-11(19)5-7-4-8(2-3-9(7)17-18)15-12(20)10-6-14-13(21)16-10/h5-6,8H,2-4H2,1H3,(H,15,20)(H2,14,16,21). The van der Waals surface area contributed by atoms with E-state index < -0.39 is 5.69 Å². The van der Waals surface area contributed by atoms with Gasteiger partial charge in [0.1, 0.15) is 5.69 Å². The van der Waals surface area contributed by atoms with E-state index in [-0.39, 0.29) is 23.2 Å². The molecule has 0 saturated heterocycles. The largest absolute Gasteiger partial charge is 0.348 e. The lowest BCUT2D eigenvalue weighted by Crippen LogP contribution is -2.40. The van der Waals surface area contributed by atoms with Crippen LogP contribution < -0.4 is 16.6 Å². The summed E-state index contributed by atoms with van der Waals surface area (Å²) in [7, 11) is 1.62. The molecule has 0 saturated carbocycles. The third-order valence-electron chi connectivity index (χ3n) is 3.63. The fraction of sp³-hybridized carbons (Fsp3) is 0.385. The Morgan fingerprint density at radius 2 is 2.29 bits per heavy atom. The molecule has 1 unspecified atom stereocenters. The number of imidazole rings is 1. The Morgan fingerprint density at radius 1 is 1.48 bits per heavy atom. The van der Waals surface area contributed by atoms with Crippen molar-refractivity contribution in [1.82, 2.24) is 25.1 Å². The zero-order chi connectivity index (χ0) is 15.0. The van der Waals surface area contributed by atoms with Crippen LogP contribution in [0.4, 0.5) is 0 Å². The summed E-state index contributed by atoms with van der Waals surface area (Å²) in [6.07, 6.45) is 3.36. The lowest BCUT2D eigenvalue weighted by atomic mass is 9.92. The second-order valence-corrected chi connectivity index (χ2v) is 5.15. The number of aromatic amines is 2. The molecule has 3 N–H and O–H groups in total. The highest BCUT2D eigenvalue weighted by Gasteiger charge is 2.23.